The Morgan fingerprint density at radius 3 is 0.808 bits per heavy atom. The van der Waals surface area contributed by atoms with Crippen molar-refractivity contribution in [2.24, 2.45) is 23.3 Å². The first-order chi connectivity index (χ1) is 11.7. The van der Waals surface area contributed by atoms with E-state index in [2.05, 4.69) is 0 Å². The first-order valence-electron chi connectivity index (χ1n) is 6.60. The first kappa shape index (κ1) is 25.0. The molecule has 0 aromatic rings. The van der Waals surface area contributed by atoms with Crippen LogP contribution in [0.4, 0.5) is 0 Å². The molecule has 0 heterocycles. The second-order valence-electron chi connectivity index (χ2n) is 4.82. The van der Waals surface area contributed by atoms with Gasteiger partial charge in [0.25, 0.3) is 0 Å². The number of aliphatic carboxylic acids is 6. The van der Waals surface area contributed by atoms with Gasteiger partial charge in [-0.25, -0.2) is 0 Å². The third-order valence-electron chi connectivity index (χ3n) is 2.81. The predicted octanol–water partition coefficient (Wildman–Crippen LogP) is -2.85. The van der Waals surface area contributed by atoms with Gasteiger partial charge in [0.05, 0.1) is 0 Å². The Bertz CT molecular complexity index is 497. The van der Waals surface area contributed by atoms with Gasteiger partial charge in [-0.15, -0.1) is 0 Å². The Hall–Kier alpha value is -3.26. The summed E-state index contributed by atoms with van der Waals surface area (Å²) < 4.78 is 0. The molecule has 0 rings (SSSR count). The molecule has 0 radical (unpaired) electrons. The lowest BCUT2D eigenvalue weighted by atomic mass is 10.0. The normalized spacial score (nSPS) is 12.5. The second-order valence-corrected chi connectivity index (χ2v) is 4.82. The average Bonchev–Trinajstić information content (AvgIpc) is 2.48. The van der Waals surface area contributed by atoms with Gasteiger partial charge in [0, 0.05) is 0 Å². The summed E-state index contributed by atoms with van der Waals surface area (Å²) in [7, 11) is 0. The van der Waals surface area contributed by atoms with Crippen molar-refractivity contribution in [3.63, 3.8) is 0 Å². The summed E-state index contributed by atoms with van der Waals surface area (Å²) >= 11 is 0. The van der Waals surface area contributed by atoms with Gasteiger partial charge >= 0.3 is 35.8 Å². The molecular weight excluding hydrogens is 364 g/mol. The molecular formula is C12H18N2O12. The van der Waals surface area contributed by atoms with Crippen molar-refractivity contribution in [1.29, 1.82) is 0 Å². The Morgan fingerprint density at radius 1 is 0.500 bits per heavy atom. The number of carboxylic acids is 6. The molecule has 0 saturated carbocycles. The van der Waals surface area contributed by atoms with Crippen LogP contribution in [0.1, 0.15) is 12.8 Å². The molecule has 26 heavy (non-hydrogen) atoms. The highest BCUT2D eigenvalue weighted by Gasteiger charge is 2.31. The Balaban J connectivity index is 0. The van der Waals surface area contributed by atoms with Crippen LogP contribution in [0.2, 0.25) is 0 Å². The lowest BCUT2D eigenvalue weighted by molar-refractivity contribution is -0.157. The van der Waals surface area contributed by atoms with Crippen LogP contribution in [0, 0.1) is 11.8 Å². The minimum atomic E-state index is -1.77. The molecule has 0 aliphatic carbocycles. The lowest BCUT2D eigenvalue weighted by Crippen LogP contribution is -2.37. The molecule has 0 spiro atoms. The highest BCUT2D eigenvalue weighted by atomic mass is 16.4. The average molecular weight is 382 g/mol. The van der Waals surface area contributed by atoms with E-state index in [0.29, 0.717) is 0 Å². The van der Waals surface area contributed by atoms with Gasteiger partial charge < -0.3 is 42.1 Å². The van der Waals surface area contributed by atoms with E-state index < -0.39 is 72.6 Å². The number of hydrogen-bond donors (Lipinski definition) is 8. The highest BCUT2D eigenvalue weighted by Crippen LogP contribution is 2.07. The van der Waals surface area contributed by atoms with Crippen LogP contribution in [-0.4, -0.2) is 78.5 Å². The van der Waals surface area contributed by atoms with Crippen molar-refractivity contribution in [2.75, 3.05) is 0 Å². The number of rotatable bonds is 10. The first-order valence-corrected chi connectivity index (χ1v) is 6.60. The Kier molecular flexibility index (Phi) is 10.9. The van der Waals surface area contributed by atoms with E-state index >= 15 is 0 Å². The van der Waals surface area contributed by atoms with Crippen molar-refractivity contribution >= 4 is 35.8 Å². The monoisotopic (exact) mass is 382 g/mol. The maximum absolute atomic E-state index is 10.3. The molecule has 14 nitrogen and oxygen atoms in total. The largest absolute Gasteiger partial charge is 0.481 e. The quantitative estimate of drug-likeness (QED) is 0.176. The van der Waals surface area contributed by atoms with Gasteiger partial charge in [0.1, 0.15) is 12.1 Å². The molecule has 148 valence electrons. The van der Waals surface area contributed by atoms with Crippen LogP contribution in [-0.2, 0) is 28.8 Å². The van der Waals surface area contributed by atoms with Crippen LogP contribution >= 0.6 is 0 Å². The van der Waals surface area contributed by atoms with Gasteiger partial charge in [-0.1, -0.05) is 0 Å². The van der Waals surface area contributed by atoms with Crippen LogP contribution in [0.5, 0.6) is 0 Å². The maximum atomic E-state index is 10.3. The summed E-state index contributed by atoms with van der Waals surface area (Å²) in [5.74, 6) is -12.8. The maximum Gasteiger partial charge on any atom is 0.320 e. The molecule has 0 aromatic heterocycles. The highest BCUT2D eigenvalue weighted by molar-refractivity contribution is 5.94. The van der Waals surface area contributed by atoms with Crippen molar-refractivity contribution in [3.05, 3.63) is 0 Å². The van der Waals surface area contributed by atoms with Gasteiger partial charge in [-0.3, -0.25) is 28.8 Å². The second kappa shape index (κ2) is 11.3. The molecule has 0 aliphatic rings. The predicted molar refractivity (Wildman–Crippen MR) is 78.0 cm³/mol. The molecule has 10 N–H and O–H groups in total. The number of hydrogen-bond acceptors (Lipinski definition) is 8. The molecule has 0 bridgehead atoms. The van der Waals surface area contributed by atoms with E-state index in [1.54, 1.807) is 0 Å². The van der Waals surface area contributed by atoms with E-state index in [1.807, 2.05) is 0 Å². The Labute approximate surface area is 144 Å². The number of carbonyl (C=O) groups is 6. The fourth-order valence-corrected chi connectivity index (χ4v) is 1.32. The fraction of sp³-hybridized carbons (Fsp3) is 0.500. The molecule has 0 saturated heterocycles. The molecule has 0 fully saturated rings. The third kappa shape index (κ3) is 9.78. The zero-order chi connectivity index (χ0) is 21.2. The fourth-order valence-electron chi connectivity index (χ4n) is 1.32. The van der Waals surface area contributed by atoms with Gasteiger partial charge in [-0.2, -0.15) is 0 Å². The molecule has 2 atom stereocenters. The van der Waals surface area contributed by atoms with E-state index in [4.69, 9.17) is 42.1 Å². The van der Waals surface area contributed by atoms with Crippen molar-refractivity contribution in [2.45, 2.75) is 24.9 Å². The summed E-state index contributed by atoms with van der Waals surface area (Å²) in [6.07, 6.45) is -1.25. The summed E-state index contributed by atoms with van der Waals surface area (Å²) in [5.41, 5.74) is 9.93. The summed E-state index contributed by atoms with van der Waals surface area (Å²) in [6.45, 7) is 0. The molecule has 0 amide bonds. The van der Waals surface area contributed by atoms with Crippen LogP contribution < -0.4 is 11.5 Å². The SMILES string of the molecule is N[C@@H](CC(C(=O)O)C(=O)O)C(=O)O.N[C@@H](CC(C(=O)O)C(=O)O)C(=O)O. The van der Waals surface area contributed by atoms with Crippen LogP contribution in [0.15, 0.2) is 0 Å². The summed E-state index contributed by atoms with van der Waals surface area (Å²) in [6, 6.07) is -2.95. The minimum absolute atomic E-state index is 0.625. The van der Waals surface area contributed by atoms with E-state index in [0.717, 1.165) is 0 Å². The number of nitrogens with two attached hydrogens (primary N) is 2. The molecule has 0 aliphatic heterocycles. The van der Waals surface area contributed by atoms with Crippen molar-refractivity contribution in [3.8, 4) is 0 Å². The number of carboxylic acid groups (broad SMARTS) is 6. The zero-order valence-electron chi connectivity index (χ0n) is 13.0. The van der Waals surface area contributed by atoms with Crippen molar-refractivity contribution < 1.29 is 59.4 Å². The molecule has 0 unspecified atom stereocenters. The standard InChI is InChI=1S/2C6H9NO6/c2*7-3(6(12)13)1-2(4(8)9)5(10)11/h2*2-3H,1,7H2,(H,8,9)(H,10,11)(H,12,13)/t2*3-/m00/s1. The topological polar surface area (TPSA) is 276 Å². The summed E-state index contributed by atoms with van der Waals surface area (Å²) in [4.78, 5) is 61.4. The Morgan fingerprint density at radius 2 is 0.692 bits per heavy atom. The smallest absolute Gasteiger partial charge is 0.320 e. The molecule has 0 aromatic carbocycles. The third-order valence-corrected chi connectivity index (χ3v) is 2.81. The van der Waals surface area contributed by atoms with Crippen LogP contribution in [0.25, 0.3) is 0 Å². The molecule has 14 heteroatoms. The van der Waals surface area contributed by atoms with Gasteiger partial charge in [-0.05, 0) is 12.8 Å². The zero-order valence-corrected chi connectivity index (χ0v) is 13.0. The van der Waals surface area contributed by atoms with E-state index in [9.17, 15) is 28.8 Å². The minimum Gasteiger partial charge on any atom is -0.481 e. The van der Waals surface area contributed by atoms with E-state index in [-0.39, 0.29) is 0 Å². The van der Waals surface area contributed by atoms with Crippen LogP contribution in [0.3, 0.4) is 0 Å². The van der Waals surface area contributed by atoms with Gasteiger partial charge in [0.15, 0.2) is 11.8 Å². The lowest BCUT2D eigenvalue weighted by Gasteiger charge is -2.09. The van der Waals surface area contributed by atoms with E-state index in [1.165, 1.54) is 0 Å². The van der Waals surface area contributed by atoms with Crippen molar-refractivity contribution in [1.82, 2.24) is 0 Å². The van der Waals surface area contributed by atoms with Gasteiger partial charge in [0.2, 0.25) is 0 Å². The summed E-state index contributed by atoms with van der Waals surface area (Å²) in [5, 5.41) is 49.9.